The fraction of sp³-hybridized carbons (Fsp3) is 0.545. The molecule has 2 fully saturated rings. The van der Waals surface area contributed by atoms with Crippen molar-refractivity contribution in [1.82, 2.24) is 4.90 Å². The Labute approximate surface area is 92.7 Å². The predicted molar refractivity (Wildman–Crippen MR) is 54.3 cm³/mol. The van der Waals surface area contributed by atoms with Gasteiger partial charge in [-0.2, -0.15) is 0 Å². The number of carboxylic acid groups (broad SMARTS) is 1. The molecule has 2 unspecified atom stereocenters. The topological polar surface area (TPSA) is 74.7 Å². The van der Waals surface area contributed by atoms with E-state index in [1.165, 1.54) is 6.08 Å². The minimum atomic E-state index is -0.994. The van der Waals surface area contributed by atoms with Crippen molar-refractivity contribution in [2.45, 2.75) is 19.8 Å². The molecule has 2 aliphatic rings. The van der Waals surface area contributed by atoms with Crippen LogP contribution < -0.4 is 0 Å². The number of rotatable bonds is 4. The number of carboxylic acids is 1. The van der Waals surface area contributed by atoms with E-state index in [1.54, 1.807) is 6.92 Å². The minimum absolute atomic E-state index is 0.0974. The van der Waals surface area contributed by atoms with Crippen molar-refractivity contribution in [1.29, 1.82) is 0 Å². The molecule has 86 valence electrons. The summed E-state index contributed by atoms with van der Waals surface area (Å²) >= 11 is 0. The van der Waals surface area contributed by atoms with Crippen molar-refractivity contribution < 1.29 is 19.5 Å². The number of hydrogen-bond donors (Lipinski definition) is 1. The first-order valence-corrected chi connectivity index (χ1v) is 5.33. The maximum absolute atomic E-state index is 11.6. The van der Waals surface area contributed by atoms with Crippen molar-refractivity contribution >= 4 is 17.8 Å². The number of fused-ring (bicyclic) bond motifs is 1. The molecule has 0 radical (unpaired) electrons. The molecule has 0 aromatic heterocycles. The summed E-state index contributed by atoms with van der Waals surface area (Å²) in [7, 11) is 0. The van der Waals surface area contributed by atoms with E-state index in [9.17, 15) is 14.4 Å². The van der Waals surface area contributed by atoms with Gasteiger partial charge in [0.25, 0.3) is 0 Å². The minimum Gasteiger partial charge on any atom is -0.478 e. The summed E-state index contributed by atoms with van der Waals surface area (Å²) < 4.78 is 0. The Morgan fingerprint density at radius 2 is 2.00 bits per heavy atom. The van der Waals surface area contributed by atoms with Crippen molar-refractivity contribution in [2.75, 3.05) is 6.54 Å². The zero-order chi connectivity index (χ0) is 11.9. The summed E-state index contributed by atoms with van der Waals surface area (Å²) in [5.41, 5.74) is 0.237. The Morgan fingerprint density at radius 1 is 1.44 bits per heavy atom. The maximum Gasteiger partial charge on any atom is 0.331 e. The molecular formula is C11H13NO4. The third-order valence-corrected chi connectivity index (χ3v) is 3.13. The lowest BCUT2D eigenvalue weighted by atomic mass is 10.2. The van der Waals surface area contributed by atoms with Gasteiger partial charge in [0.1, 0.15) is 0 Å². The highest BCUT2D eigenvalue weighted by Gasteiger charge is 2.58. The first-order chi connectivity index (χ1) is 7.56. The molecule has 1 N–H and O–H groups in total. The molecule has 1 heterocycles. The molecule has 1 saturated carbocycles. The van der Waals surface area contributed by atoms with Gasteiger partial charge in [-0.3, -0.25) is 14.5 Å². The highest BCUT2D eigenvalue weighted by molar-refractivity contribution is 6.09. The van der Waals surface area contributed by atoms with E-state index < -0.39 is 5.97 Å². The third kappa shape index (κ3) is 1.62. The number of nitrogens with zero attached hydrogens (tertiary/aromatic N) is 1. The van der Waals surface area contributed by atoms with Crippen molar-refractivity contribution in [3.05, 3.63) is 11.6 Å². The molecule has 2 amide bonds. The second-order valence-electron chi connectivity index (χ2n) is 4.12. The molecule has 0 aromatic carbocycles. The zero-order valence-corrected chi connectivity index (χ0v) is 8.97. The van der Waals surface area contributed by atoms with Crippen LogP contribution in [-0.4, -0.2) is 34.3 Å². The molecule has 2 rings (SSSR count). The molecule has 0 aromatic rings. The second kappa shape index (κ2) is 3.73. The van der Waals surface area contributed by atoms with Gasteiger partial charge >= 0.3 is 5.97 Å². The summed E-state index contributed by atoms with van der Waals surface area (Å²) in [6, 6.07) is 0. The number of amides is 2. The average Bonchev–Trinajstić information content (AvgIpc) is 2.97. The molecule has 0 bridgehead atoms. The van der Waals surface area contributed by atoms with Crippen LogP contribution >= 0.6 is 0 Å². The summed E-state index contributed by atoms with van der Waals surface area (Å²) in [6.07, 6.45) is 2.51. The number of likely N-dealkylation sites (tertiary alicyclic amines) is 1. The Kier molecular flexibility index (Phi) is 2.53. The van der Waals surface area contributed by atoms with Gasteiger partial charge < -0.3 is 5.11 Å². The Bertz CT molecular complexity index is 379. The molecule has 2 atom stereocenters. The van der Waals surface area contributed by atoms with Crippen LogP contribution in [0.15, 0.2) is 11.6 Å². The van der Waals surface area contributed by atoms with Crippen LogP contribution in [0.3, 0.4) is 0 Å². The van der Waals surface area contributed by atoms with E-state index in [0.29, 0.717) is 12.8 Å². The molecule has 5 nitrogen and oxygen atoms in total. The quantitative estimate of drug-likeness (QED) is 0.553. The molecule has 5 heteroatoms. The molecule has 0 spiro atoms. The SMILES string of the molecule is CCC(=CCN1C(=O)C2CC2C1=O)C(=O)O. The standard InChI is InChI=1S/C11H13NO4/c1-2-6(11(15)16)3-4-12-9(13)7-5-8(7)10(12)14/h3,7-8H,2,4-5H2,1H3,(H,15,16). The maximum atomic E-state index is 11.6. The van der Waals surface area contributed by atoms with E-state index in [4.69, 9.17) is 5.11 Å². The van der Waals surface area contributed by atoms with E-state index in [-0.39, 0.29) is 35.8 Å². The highest BCUT2D eigenvalue weighted by Crippen LogP contribution is 2.46. The van der Waals surface area contributed by atoms with E-state index in [2.05, 4.69) is 0 Å². The monoisotopic (exact) mass is 223 g/mol. The van der Waals surface area contributed by atoms with Gasteiger partial charge in [0, 0.05) is 12.1 Å². The van der Waals surface area contributed by atoms with Gasteiger partial charge in [-0.25, -0.2) is 4.79 Å². The van der Waals surface area contributed by atoms with Crippen LogP contribution in [0.25, 0.3) is 0 Å². The predicted octanol–water partition coefficient (Wildman–Crippen LogP) is 0.412. The van der Waals surface area contributed by atoms with Gasteiger partial charge in [0.2, 0.25) is 11.8 Å². The van der Waals surface area contributed by atoms with Crippen molar-refractivity contribution in [2.24, 2.45) is 11.8 Å². The molecule has 1 aliphatic heterocycles. The first-order valence-electron chi connectivity index (χ1n) is 5.33. The fourth-order valence-electron chi connectivity index (χ4n) is 2.01. The summed E-state index contributed by atoms with van der Waals surface area (Å²) in [5.74, 6) is -1.52. The van der Waals surface area contributed by atoms with Crippen molar-refractivity contribution in [3.8, 4) is 0 Å². The Hall–Kier alpha value is -1.65. The van der Waals surface area contributed by atoms with E-state index >= 15 is 0 Å². The van der Waals surface area contributed by atoms with Crippen LogP contribution in [-0.2, 0) is 14.4 Å². The number of hydrogen-bond acceptors (Lipinski definition) is 3. The zero-order valence-electron chi connectivity index (χ0n) is 8.97. The van der Waals surface area contributed by atoms with Gasteiger partial charge in [-0.05, 0) is 12.8 Å². The van der Waals surface area contributed by atoms with Gasteiger partial charge in [0.15, 0.2) is 0 Å². The smallest absolute Gasteiger partial charge is 0.331 e. The van der Waals surface area contributed by atoms with Gasteiger partial charge in [-0.1, -0.05) is 13.0 Å². The van der Waals surface area contributed by atoms with Crippen LogP contribution in [0.2, 0.25) is 0 Å². The molecule has 16 heavy (non-hydrogen) atoms. The average molecular weight is 223 g/mol. The summed E-state index contributed by atoms with van der Waals surface area (Å²) in [4.78, 5) is 35.0. The summed E-state index contributed by atoms with van der Waals surface area (Å²) in [5, 5.41) is 8.78. The molecule has 1 saturated heterocycles. The van der Waals surface area contributed by atoms with E-state index in [1.807, 2.05) is 0 Å². The number of imide groups is 1. The Balaban J connectivity index is 2.03. The molecule has 1 aliphatic carbocycles. The normalized spacial score (nSPS) is 28.3. The van der Waals surface area contributed by atoms with Crippen LogP contribution in [0.4, 0.5) is 0 Å². The number of piperidine rings is 1. The Morgan fingerprint density at radius 3 is 2.44 bits per heavy atom. The van der Waals surface area contributed by atoms with Crippen LogP contribution in [0.1, 0.15) is 19.8 Å². The van der Waals surface area contributed by atoms with Gasteiger partial charge in [0.05, 0.1) is 11.8 Å². The molecular weight excluding hydrogens is 210 g/mol. The number of carbonyl (C=O) groups is 3. The third-order valence-electron chi connectivity index (χ3n) is 3.13. The highest BCUT2D eigenvalue weighted by atomic mass is 16.4. The number of aliphatic carboxylic acids is 1. The van der Waals surface area contributed by atoms with E-state index in [0.717, 1.165) is 4.90 Å². The fourth-order valence-corrected chi connectivity index (χ4v) is 2.01. The lowest BCUT2D eigenvalue weighted by Gasteiger charge is -2.14. The van der Waals surface area contributed by atoms with Crippen LogP contribution in [0.5, 0.6) is 0 Å². The van der Waals surface area contributed by atoms with Crippen molar-refractivity contribution in [3.63, 3.8) is 0 Å². The second-order valence-corrected chi connectivity index (χ2v) is 4.12. The lowest BCUT2D eigenvalue weighted by Crippen LogP contribution is -2.33. The first kappa shape index (κ1) is 10.9. The lowest BCUT2D eigenvalue weighted by molar-refractivity contribution is -0.141. The largest absolute Gasteiger partial charge is 0.478 e. The van der Waals surface area contributed by atoms with Gasteiger partial charge in [-0.15, -0.1) is 0 Å². The number of carbonyl (C=O) groups excluding carboxylic acids is 2. The van der Waals surface area contributed by atoms with Crippen LogP contribution in [0, 0.1) is 11.8 Å². The summed E-state index contributed by atoms with van der Waals surface area (Å²) in [6.45, 7) is 1.82.